The second-order valence-electron chi connectivity index (χ2n) is 2.39. The first-order valence-electron chi connectivity index (χ1n) is 3.28. The molecule has 0 aliphatic heterocycles. The van der Waals surface area contributed by atoms with Crippen molar-refractivity contribution in [3.8, 4) is 12.3 Å². The van der Waals surface area contributed by atoms with E-state index in [1.807, 2.05) is 12.3 Å². The van der Waals surface area contributed by atoms with Crippen molar-refractivity contribution < 1.29 is 9.90 Å². The average molecular weight is 156 g/mol. The molecule has 4 heteroatoms. The van der Waals surface area contributed by atoms with Gasteiger partial charge >= 0.3 is 6.09 Å². The molecular formula is C7H12N2O2. The third-order valence-electron chi connectivity index (χ3n) is 1.47. The topological polar surface area (TPSA) is 61.4 Å². The van der Waals surface area contributed by atoms with Crippen molar-refractivity contribution >= 4 is 6.09 Å². The summed E-state index contributed by atoms with van der Waals surface area (Å²) < 4.78 is 0. The maximum Gasteiger partial charge on any atom is 0.419 e. The van der Waals surface area contributed by atoms with Crippen molar-refractivity contribution in [1.29, 1.82) is 0 Å². The van der Waals surface area contributed by atoms with Gasteiger partial charge in [-0.3, -0.25) is 5.43 Å². The van der Waals surface area contributed by atoms with Crippen LogP contribution in [0.4, 0.5) is 4.79 Å². The van der Waals surface area contributed by atoms with Crippen LogP contribution >= 0.6 is 0 Å². The smallest absolute Gasteiger partial charge is 0.419 e. The zero-order valence-corrected chi connectivity index (χ0v) is 6.64. The van der Waals surface area contributed by atoms with E-state index in [9.17, 15) is 4.79 Å². The molecule has 0 saturated carbocycles. The maximum atomic E-state index is 10.0. The number of hydrogen-bond acceptors (Lipinski definition) is 2. The lowest BCUT2D eigenvalue weighted by atomic mass is 10.0. The van der Waals surface area contributed by atoms with E-state index in [4.69, 9.17) is 11.5 Å². The lowest BCUT2D eigenvalue weighted by Crippen LogP contribution is -2.50. The largest absolute Gasteiger partial charge is 0.464 e. The number of hydrazine groups is 1. The number of terminal acetylenes is 1. The predicted octanol–water partition coefficient (Wildman–Crippen LogP) is 0.560. The Morgan fingerprint density at radius 1 is 1.82 bits per heavy atom. The van der Waals surface area contributed by atoms with Gasteiger partial charge in [-0.15, -0.1) is 6.42 Å². The van der Waals surface area contributed by atoms with Gasteiger partial charge in [0.2, 0.25) is 0 Å². The van der Waals surface area contributed by atoms with Gasteiger partial charge in [0.05, 0.1) is 5.54 Å². The minimum absolute atomic E-state index is 0.599. The van der Waals surface area contributed by atoms with Gasteiger partial charge in [0.1, 0.15) is 0 Å². The fourth-order valence-corrected chi connectivity index (χ4v) is 0.418. The third kappa shape index (κ3) is 3.48. The van der Waals surface area contributed by atoms with Crippen molar-refractivity contribution in [1.82, 2.24) is 10.9 Å². The monoisotopic (exact) mass is 156 g/mol. The van der Waals surface area contributed by atoms with E-state index in [2.05, 4.69) is 11.3 Å². The molecule has 0 spiro atoms. The highest BCUT2D eigenvalue weighted by Gasteiger charge is 2.17. The minimum atomic E-state index is -1.14. The van der Waals surface area contributed by atoms with Crippen LogP contribution in [-0.4, -0.2) is 16.7 Å². The van der Waals surface area contributed by atoms with Gasteiger partial charge in [-0.2, -0.15) is 0 Å². The normalized spacial score (nSPS) is 14.6. The molecule has 0 radical (unpaired) electrons. The van der Waals surface area contributed by atoms with E-state index in [-0.39, 0.29) is 0 Å². The van der Waals surface area contributed by atoms with Crippen LogP contribution < -0.4 is 10.9 Å². The van der Waals surface area contributed by atoms with Crippen LogP contribution in [0.15, 0.2) is 0 Å². The van der Waals surface area contributed by atoms with Crippen LogP contribution in [0.25, 0.3) is 0 Å². The second-order valence-corrected chi connectivity index (χ2v) is 2.39. The number of carbonyl (C=O) groups is 1. The first-order valence-corrected chi connectivity index (χ1v) is 3.28. The zero-order chi connectivity index (χ0) is 8.91. The van der Waals surface area contributed by atoms with Crippen LogP contribution in [-0.2, 0) is 0 Å². The van der Waals surface area contributed by atoms with Crippen LogP contribution in [0.1, 0.15) is 20.3 Å². The van der Waals surface area contributed by atoms with Crippen LogP contribution in [0.3, 0.4) is 0 Å². The van der Waals surface area contributed by atoms with Crippen molar-refractivity contribution in [3.05, 3.63) is 0 Å². The highest BCUT2D eigenvalue weighted by Crippen LogP contribution is 2.04. The molecule has 11 heavy (non-hydrogen) atoms. The first kappa shape index (κ1) is 9.79. The van der Waals surface area contributed by atoms with Crippen molar-refractivity contribution in [2.75, 3.05) is 0 Å². The van der Waals surface area contributed by atoms with Crippen LogP contribution in [0, 0.1) is 12.3 Å². The Bertz CT molecular complexity index is 185. The number of carboxylic acid groups (broad SMARTS) is 1. The van der Waals surface area contributed by atoms with Gasteiger partial charge in [0.25, 0.3) is 0 Å². The Labute approximate surface area is 66.0 Å². The summed E-state index contributed by atoms with van der Waals surface area (Å²) in [5, 5.41) is 8.23. The maximum absolute atomic E-state index is 10.0. The molecule has 0 aromatic heterocycles. The summed E-state index contributed by atoms with van der Waals surface area (Å²) in [6, 6.07) is 0. The van der Waals surface area contributed by atoms with Crippen molar-refractivity contribution in [2.45, 2.75) is 25.8 Å². The van der Waals surface area contributed by atoms with E-state index >= 15 is 0 Å². The highest BCUT2D eigenvalue weighted by molar-refractivity contribution is 5.63. The fraction of sp³-hybridized carbons (Fsp3) is 0.571. The third-order valence-corrected chi connectivity index (χ3v) is 1.47. The quantitative estimate of drug-likeness (QED) is 0.413. The van der Waals surface area contributed by atoms with Crippen LogP contribution in [0.5, 0.6) is 0 Å². The molecule has 3 N–H and O–H groups in total. The van der Waals surface area contributed by atoms with Crippen molar-refractivity contribution in [2.24, 2.45) is 0 Å². The number of amides is 1. The molecule has 0 saturated heterocycles. The molecule has 1 amide bonds. The van der Waals surface area contributed by atoms with Gasteiger partial charge < -0.3 is 5.11 Å². The molecule has 0 aromatic carbocycles. The van der Waals surface area contributed by atoms with Gasteiger partial charge in [-0.1, -0.05) is 12.8 Å². The molecule has 0 heterocycles. The number of nitrogens with one attached hydrogen (secondary N) is 2. The highest BCUT2D eigenvalue weighted by atomic mass is 16.4. The van der Waals surface area contributed by atoms with Gasteiger partial charge in [0.15, 0.2) is 0 Å². The summed E-state index contributed by atoms with van der Waals surface area (Å²) in [6.45, 7) is 3.61. The molecule has 1 unspecified atom stereocenters. The Morgan fingerprint density at radius 2 is 2.36 bits per heavy atom. The number of hydrogen-bond donors (Lipinski definition) is 3. The Balaban J connectivity index is 3.91. The summed E-state index contributed by atoms with van der Waals surface area (Å²) in [6.07, 6.45) is 4.68. The standard InChI is InChI=1S/C7H12N2O2/c1-4-7(3,5-2)9-8-6(10)11/h1,8-9H,5H2,2-3H3,(H,10,11). The summed E-state index contributed by atoms with van der Waals surface area (Å²) in [5.74, 6) is 2.45. The molecule has 1 atom stereocenters. The Kier molecular flexibility index (Phi) is 3.42. The molecule has 0 aromatic rings. The van der Waals surface area contributed by atoms with Crippen molar-refractivity contribution in [3.63, 3.8) is 0 Å². The van der Waals surface area contributed by atoms with E-state index in [0.29, 0.717) is 6.42 Å². The molecule has 0 aliphatic carbocycles. The first-order chi connectivity index (χ1) is 5.04. The zero-order valence-electron chi connectivity index (χ0n) is 6.64. The lowest BCUT2D eigenvalue weighted by molar-refractivity contribution is 0.183. The fourth-order valence-electron chi connectivity index (χ4n) is 0.418. The summed E-state index contributed by atoms with van der Waals surface area (Å²) in [5.41, 5.74) is 3.92. The average Bonchev–Trinajstić information content (AvgIpc) is 2.00. The lowest BCUT2D eigenvalue weighted by Gasteiger charge is -2.22. The Hall–Kier alpha value is -1.21. The summed E-state index contributed by atoms with van der Waals surface area (Å²) in [7, 11) is 0. The van der Waals surface area contributed by atoms with E-state index in [0.717, 1.165) is 0 Å². The second kappa shape index (κ2) is 3.84. The molecule has 62 valence electrons. The molecule has 0 fully saturated rings. The minimum Gasteiger partial charge on any atom is -0.464 e. The van der Waals surface area contributed by atoms with Gasteiger partial charge in [-0.25, -0.2) is 10.2 Å². The van der Waals surface area contributed by atoms with Gasteiger partial charge in [-0.05, 0) is 13.3 Å². The Morgan fingerprint density at radius 3 is 2.64 bits per heavy atom. The predicted molar refractivity (Wildman–Crippen MR) is 41.8 cm³/mol. The molecule has 0 rings (SSSR count). The number of rotatable bonds is 3. The summed E-state index contributed by atoms with van der Waals surface area (Å²) >= 11 is 0. The van der Waals surface area contributed by atoms with E-state index in [1.54, 1.807) is 6.92 Å². The van der Waals surface area contributed by atoms with Crippen LogP contribution in [0.2, 0.25) is 0 Å². The molecule has 0 bridgehead atoms. The molecule has 4 nitrogen and oxygen atoms in total. The molecular weight excluding hydrogens is 144 g/mol. The van der Waals surface area contributed by atoms with E-state index < -0.39 is 11.6 Å². The van der Waals surface area contributed by atoms with Gasteiger partial charge in [0, 0.05) is 0 Å². The SMILES string of the molecule is C#CC(C)(CC)NNC(=O)O. The summed E-state index contributed by atoms with van der Waals surface area (Å²) in [4.78, 5) is 10.0. The van der Waals surface area contributed by atoms with E-state index in [1.165, 1.54) is 0 Å². The molecule has 0 aliphatic rings.